The molecule has 0 fully saturated rings. The van der Waals surface area contributed by atoms with Crippen molar-refractivity contribution >= 4 is 182 Å². The van der Waals surface area contributed by atoms with Gasteiger partial charge in [0.1, 0.15) is 69.0 Å². The van der Waals surface area contributed by atoms with Crippen molar-refractivity contribution in [2.75, 3.05) is 14.2 Å². The van der Waals surface area contributed by atoms with Crippen LogP contribution in [0.3, 0.4) is 0 Å². The van der Waals surface area contributed by atoms with Gasteiger partial charge in [-0.3, -0.25) is 0 Å². The van der Waals surface area contributed by atoms with E-state index in [0.717, 1.165) is 156 Å². The first-order valence-electron chi connectivity index (χ1n) is 40.7. The summed E-state index contributed by atoms with van der Waals surface area (Å²) in [6.07, 6.45) is 0. The maximum absolute atomic E-state index is 10.8. The Hall–Kier alpha value is -4.27. The zero-order valence-electron chi connectivity index (χ0n) is 76.1. The summed E-state index contributed by atoms with van der Waals surface area (Å²) in [6, 6.07) is 62.1. The Labute approximate surface area is 912 Å². The van der Waals surface area contributed by atoms with Gasteiger partial charge in [-0.15, -0.1) is 56.7 Å². The summed E-state index contributed by atoms with van der Waals surface area (Å²) in [4.78, 5) is 5.39. The van der Waals surface area contributed by atoms with E-state index in [-0.39, 0.29) is 64.1 Å². The van der Waals surface area contributed by atoms with E-state index >= 15 is 0 Å². The van der Waals surface area contributed by atoms with E-state index in [4.69, 9.17) is 103 Å². The monoisotopic (exact) mass is 2410 g/mol. The molecule has 135 heavy (non-hydrogen) atoms. The topological polar surface area (TPSA) is 221 Å². The number of aryl methyl sites for hydroxylation is 14. The van der Waals surface area contributed by atoms with Gasteiger partial charge in [-0.1, -0.05) is 168 Å². The van der Waals surface area contributed by atoms with Crippen LogP contribution in [0.4, 0.5) is 0 Å². The van der Waals surface area contributed by atoms with Crippen LogP contribution in [-0.2, 0) is 85.2 Å². The van der Waals surface area contributed by atoms with Crippen LogP contribution in [0.2, 0.25) is 0 Å². The average Bonchev–Trinajstić information content (AvgIpc) is 1.77. The molecule has 0 amide bonds. The number of halogens is 12. The van der Waals surface area contributed by atoms with Crippen LogP contribution in [0.5, 0.6) is 69.0 Å². The summed E-state index contributed by atoms with van der Waals surface area (Å²) in [5.41, 5.74) is 21.0. The first-order chi connectivity index (χ1) is 64.2. The Bertz CT molecular complexity index is 5610. The number of methoxy groups -OCH3 is 2. The van der Waals surface area contributed by atoms with Crippen LogP contribution in [-0.4, -0.2) is 65.3 Å². The second kappa shape index (κ2) is 60.4. The van der Waals surface area contributed by atoms with E-state index in [1.54, 1.807) is 95.2 Å². The van der Waals surface area contributed by atoms with Crippen LogP contribution in [0, 0.1) is 96.9 Å². The zero-order chi connectivity index (χ0) is 100. The van der Waals surface area contributed by atoms with Gasteiger partial charge >= 0.3 is 178 Å². The fourth-order valence-corrected chi connectivity index (χ4v) is 21.0. The summed E-state index contributed by atoms with van der Waals surface area (Å²) < 4.78 is 12.6. The van der Waals surface area contributed by atoms with Crippen LogP contribution in [0.15, 0.2) is 230 Å². The molecule has 0 aliphatic carbocycles. The van der Waals surface area contributed by atoms with Gasteiger partial charge in [0, 0.05) is 89.0 Å². The summed E-state index contributed by atoms with van der Waals surface area (Å²) in [5.74, 6) is 2.86. The molecule has 12 nitrogen and oxygen atoms in total. The summed E-state index contributed by atoms with van der Waals surface area (Å²) in [5, 5.41) is 116. The molecule has 34 heteroatoms. The van der Waals surface area contributed by atoms with Gasteiger partial charge in [0.15, 0.2) is 0 Å². The van der Waals surface area contributed by atoms with E-state index in [1.807, 2.05) is 282 Å². The number of thiophene rings is 5. The molecule has 10 N–H and O–H groups in total. The Balaban J connectivity index is 0.000000250. The van der Waals surface area contributed by atoms with E-state index in [0.29, 0.717) is 45.6 Å². The number of aromatic hydroxyl groups is 10. The van der Waals surface area contributed by atoms with Crippen molar-refractivity contribution in [3.63, 3.8) is 0 Å². The standard InChI is InChI=1S/C21H22O4S.2C21H22O2S.C19H16Br2O2S.C19H18O2S.10ClH.5Ti/c1-12-8-14(24-3)10-16(20(12)22)19(18-6-5-7-26-18)17-11-15(25-4)9-13(2)21(17)23;2*1-12-8-14(3)20(22)16(10-12)19(18-6-5-7-24-18)17-11-13(2)9-15(4)21(17)23;1-10-6-12(20)8-14(18(10)22)17(16-4-3-5-24-16)15-9-13(21)7-11(2)19(15)23;1-12-5-7-16(20)14(10-12)19(18-4-3-9-22-18)15-11-13(2)6-8-17(15)21;;;;;;;;;;;;;;;/h5-11,19,22-23H,1-4H3;2*5-11,19,22-23H,1-4H3;3-9,17,22-23H,1-2H3;3-11,19-21H,1-2H3;10*1H;;;;;/q;;;;;;;;;;;;;;;5*+2/p-10. The number of benzene rings is 10. The van der Waals surface area contributed by atoms with Gasteiger partial charge in [-0.25, -0.2) is 0 Å². The molecular formula is C101H100Br2Cl10O12S5Ti5. The summed E-state index contributed by atoms with van der Waals surface area (Å²) in [6.45, 7) is 27.2. The number of ether oxygens (including phenoxy) is 2. The van der Waals surface area contributed by atoms with Crippen LogP contribution >= 0.6 is 182 Å². The van der Waals surface area contributed by atoms with Gasteiger partial charge in [0.2, 0.25) is 0 Å². The maximum atomic E-state index is 10.8. The Morgan fingerprint density at radius 3 is 0.607 bits per heavy atom. The molecular weight excluding hydrogens is 2320 g/mol. The molecule has 5 aromatic heterocycles. The number of hydrogen-bond donors (Lipinski definition) is 10. The van der Waals surface area contributed by atoms with Gasteiger partial charge in [0.05, 0.1) is 43.8 Å². The van der Waals surface area contributed by atoms with Gasteiger partial charge in [-0.05, 0) is 259 Å². The molecule has 0 saturated carbocycles. The zero-order valence-corrected chi connectivity index (χ0v) is 98.7. The molecule has 0 saturated heterocycles. The molecule has 15 rings (SSSR count). The van der Waals surface area contributed by atoms with Gasteiger partial charge < -0.3 is 60.5 Å². The third kappa shape index (κ3) is 34.2. The summed E-state index contributed by atoms with van der Waals surface area (Å²) >= 11 is 12.3. The minimum atomic E-state index is -0.556. The number of hydrogen-bond acceptors (Lipinski definition) is 17. The van der Waals surface area contributed by atoms with Crippen molar-refractivity contribution in [2.45, 2.75) is 127 Å². The Morgan fingerprint density at radius 2 is 0.407 bits per heavy atom. The molecule has 0 unspecified atom stereocenters. The molecule has 710 valence electrons. The number of phenolic OH excluding ortho intramolecular Hbond substituents is 10. The molecule has 0 atom stereocenters. The van der Waals surface area contributed by atoms with E-state index in [2.05, 4.69) is 44.0 Å². The van der Waals surface area contributed by atoms with Gasteiger partial charge in [-0.2, -0.15) is 0 Å². The Morgan fingerprint density at radius 1 is 0.230 bits per heavy atom. The van der Waals surface area contributed by atoms with E-state index < -0.39 is 85.2 Å². The van der Waals surface area contributed by atoms with Crippen molar-refractivity contribution in [2.24, 2.45) is 0 Å². The van der Waals surface area contributed by atoms with Crippen LogP contribution in [0.25, 0.3) is 0 Å². The third-order valence-corrected chi connectivity index (χ3v) is 26.8. The minimum absolute atomic E-state index is 0.167. The molecule has 0 radical (unpaired) electrons. The van der Waals surface area contributed by atoms with E-state index in [1.165, 1.54) is 0 Å². The molecule has 10 aromatic carbocycles. The first kappa shape index (κ1) is 119. The molecule has 5 heterocycles. The summed E-state index contributed by atoms with van der Waals surface area (Å²) in [7, 11) is 52.1. The van der Waals surface area contributed by atoms with Crippen LogP contribution < -0.4 is 9.47 Å². The normalized spacial score (nSPS) is 10.4. The Kier molecular flexibility index (Phi) is 53.4. The van der Waals surface area contributed by atoms with Crippen molar-refractivity contribution in [1.29, 1.82) is 0 Å². The fourth-order valence-electron chi connectivity index (χ4n) is 15.5. The van der Waals surface area contributed by atoms with Crippen molar-refractivity contribution in [3.05, 3.63) is 388 Å². The number of phenols is 10. The predicted octanol–water partition coefficient (Wildman–Crippen LogP) is 34.4. The average molecular weight is 2420 g/mol. The third-order valence-electron chi connectivity index (χ3n) is 21.2. The van der Waals surface area contributed by atoms with E-state index in [9.17, 15) is 51.1 Å². The second-order valence-electron chi connectivity index (χ2n) is 30.9. The quantitative estimate of drug-likeness (QED) is 0.0385. The molecule has 15 aromatic rings. The van der Waals surface area contributed by atoms with Crippen molar-refractivity contribution < 1.29 is 146 Å². The molecule has 0 aliphatic rings. The second-order valence-corrected chi connectivity index (χ2v) is 50.5. The first-order valence-corrected chi connectivity index (χ1v) is 68.2. The fraction of sp³-hybridized carbons (Fsp3) is 0.208. The predicted molar refractivity (Wildman–Crippen MR) is 561 cm³/mol. The van der Waals surface area contributed by atoms with Gasteiger partial charge in [0.25, 0.3) is 0 Å². The van der Waals surface area contributed by atoms with Crippen molar-refractivity contribution in [3.8, 4) is 69.0 Å². The van der Waals surface area contributed by atoms with Crippen molar-refractivity contribution in [1.82, 2.24) is 0 Å². The number of rotatable bonds is 17. The SMILES string of the molecule is COc1cc(C)c(O)c(C(c2cccs2)c2cc(OC)cc(C)c2O)c1.Cc1cc(Br)cc(C(c2cccs2)c2cc(Br)cc(C)c2O)c1O.Cc1cc(C)c(O)c(C(c2cccs2)c2cc(C)cc(C)c2O)c1.Cc1cc(C)c(O)c(C(c2cccs2)c2cc(C)cc(C)c2O)c1.Cc1ccc(O)c(C(c2cccs2)c2cc(C)ccc2O)c1.[Cl][Ti][Cl].[Cl][Ti][Cl].[Cl][Ti][Cl].[Cl][Ti][Cl].[Cl][Ti][Cl]. The molecule has 0 bridgehead atoms. The van der Waals surface area contributed by atoms with Crippen LogP contribution in [0.1, 0.15) is 187 Å². The molecule has 0 spiro atoms. The molecule has 0 aliphatic heterocycles.